The first-order valence-corrected chi connectivity index (χ1v) is 10.0. The van der Waals surface area contributed by atoms with Gasteiger partial charge in [0, 0.05) is 16.2 Å². The van der Waals surface area contributed by atoms with Crippen LogP contribution in [-0.4, -0.2) is 21.4 Å². The van der Waals surface area contributed by atoms with Gasteiger partial charge in [-0.05, 0) is 19.8 Å². The Morgan fingerprint density at radius 2 is 2.00 bits per heavy atom. The molecule has 1 aromatic carbocycles. The standard InChI is InChI=1S/C18H22N2OS2/c1-13(23-15-10-6-3-7-11-15)17(21)20-18-19-16(12-22-18)14-8-4-2-5-9-14/h2,4-5,8-9,12-13,15H,3,6-7,10-11H2,1H3,(H,19,20,21). The van der Waals surface area contributed by atoms with Gasteiger partial charge in [0.25, 0.3) is 0 Å². The summed E-state index contributed by atoms with van der Waals surface area (Å²) in [6.45, 7) is 2.00. The molecule has 1 amide bonds. The van der Waals surface area contributed by atoms with Crippen molar-refractivity contribution >= 4 is 34.1 Å². The summed E-state index contributed by atoms with van der Waals surface area (Å²) in [7, 11) is 0. The second-order valence-corrected chi connectivity index (χ2v) is 8.44. The summed E-state index contributed by atoms with van der Waals surface area (Å²) >= 11 is 3.30. The molecular weight excluding hydrogens is 324 g/mol. The first-order chi connectivity index (χ1) is 11.2. The van der Waals surface area contributed by atoms with Crippen molar-refractivity contribution in [3.63, 3.8) is 0 Å². The van der Waals surface area contributed by atoms with Gasteiger partial charge in [0.05, 0.1) is 10.9 Å². The first-order valence-electron chi connectivity index (χ1n) is 8.19. The highest BCUT2D eigenvalue weighted by Crippen LogP contribution is 2.32. The van der Waals surface area contributed by atoms with E-state index in [1.165, 1.54) is 43.4 Å². The van der Waals surface area contributed by atoms with E-state index >= 15 is 0 Å². The zero-order valence-corrected chi connectivity index (χ0v) is 15.0. The molecule has 1 aliphatic carbocycles. The number of thiazole rings is 1. The van der Waals surface area contributed by atoms with Crippen LogP contribution in [0.1, 0.15) is 39.0 Å². The maximum atomic E-state index is 12.4. The molecule has 1 aliphatic rings. The Kier molecular flexibility index (Phi) is 5.73. The minimum atomic E-state index is -0.0258. The van der Waals surface area contributed by atoms with Crippen molar-refractivity contribution in [3.8, 4) is 11.3 Å². The third-order valence-electron chi connectivity index (χ3n) is 4.12. The average Bonchev–Trinajstić information content (AvgIpc) is 3.05. The van der Waals surface area contributed by atoms with E-state index in [9.17, 15) is 4.79 Å². The molecule has 23 heavy (non-hydrogen) atoms. The fourth-order valence-corrected chi connectivity index (χ4v) is 4.92. The molecule has 3 rings (SSSR count). The molecule has 0 saturated heterocycles. The normalized spacial score (nSPS) is 16.9. The van der Waals surface area contributed by atoms with Crippen LogP contribution < -0.4 is 5.32 Å². The van der Waals surface area contributed by atoms with Gasteiger partial charge in [-0.25, -0.2) is 4.98 Å². The van der Waals surface area contributed by atoms with E-state index in [0.717, 1.165) is 11.3 Å². The van der Waals surface area contributed by atoms with Gasteiger partial charge in [-0.15, -0.1) is 23.1 Å². The molecular formula is C18H22N2OS2. The Labute approximate surface area is 145 Å². The van der Waals surface area contributed by atoms with E-state index in [1.807, 2.05) is 54.4 Å². The first kappa shape index (κ1) is 16.5. The average molecular weight is 347 g/mol. The van der Waals surface area contributed by atoms with Gasteiger partial charge in [0.1, 0.15) is 0 Å². The highest BCUT2D eigenvalue weighted by atomic mass is 32.2. The molecule has 1 unspecified atom stereocenters. The summed E-state index contributed by atoms with van der Waals surface area (Å²) in [5.74, 6) is 0.0644. The Morgan fingerprint density at radius 1 is 1.26 bits per heavy atom. The van der Waals surface area contributed by atoms with Gasteiger partial charge < -0.3 is 5.32 Å². The van der Waals surface area contributed by atoms with Crippen molar-refractivity contribution in [2.24, 2.45) is 0 Å². The van der Waals surface area contributed by atoms with Crippen LogP contribution in [0.2, 0.25) is 0 Å². The van der Waals surface area contributed by atoms with Crippen LogP contribution in [0.3, 0.4) is 0 Å². The van der Waals surface area contributed by atoms with E-state index in [0.29, 0.717) is 10.4 Å². The number of carbonyl (C=O) groups excluding carboxylic acids is 1. The molecule has 2 aromatic rings. The van der Waals surface area contributed by atoms with E-state index in [-0.39, 0.29) is 11.2 Å². The third-order valence-corrected chi connectivity index (χ3v) is 6.36. The Hall–Kier alpha value is -1.33. The zero-order valence-electron chi connectivity index (χ0n) is 13.3. The lowest BCUT2D eigenvalue weighted by molar-refractivity contribution is -0.115. The van der Waals surface area contributed by atoms with Crippen molar-refractivity contribution in [2.75, 3.05) is 5.32 Å². The van der Waals surface area contributed by atoms with Gasteiger partial charge >= 0.3 is 0 Å². The van der Waals surface area contributed by atoms with Crippen molar-refractivity contribution in [3.05, 3.63) is 35.7 Å². The number of nitrogens with one attached hydrogen (secondary N) is 1. The van der Waals surface area contributed by atoms with Crippen molar-refractivity contribution in [2.45, 2.75) is 49.5 Å². The van der Waals surface area contributed by atoms with Crippen molar-refractivity contribution in [1.82, 2.24) is 4.98 Å². The minimum Gasteiger partial charge on any atom is -0.301 e. The topological polar surface area (TPSA) is 42.0 Å². The van der Waals surface area contributed by atoms with Crippen molar-refractivity contribution < 1.29 is 4.79 Å². The van der Waals surface area contributed by atoms with Gasteiger partial charge in [0.15, 0.2) is 5.13 Å². The monoisotopic (exact) mass is 346 g/mol. The number of anilines is 1. The summed E-state index contributed by atoms with van der Waals surface area (Å²) in [6, 6.07) is 10.0. The number of benzene rings is 1. The molecule has 1 heterocycles. The fourth-order valence-electron chi connectivity index (χ4n) is 2.83. The second-order valence-electron chi connectivity index (χ2n) is 5.93. The number of amides is 1. The zero-order chi connectivity index (χ0) is 16.1. The van der Waals surface area contributed by atoms with E-state index in [4.69, 9.17) is 0 Å². The molecule has 1 fully saturated rings. The molecule has 1 aromatic heterocycles. The molecule has 5 heteroatoms. The van der Waals surface area contributed by atoms with Crippen molar-refractivity contribution in [1.29, 1.82) is 0 Å². The minimum absolute atomic E-state index is 0.0258. The SMILES string of the molecule is CC(SC1CCCCC1)C(=O)Nc1nc(-c2ccccc2)cs1. The van der Waals surface area contributed by atoms with Crippen LogP contribution in [-0.2, 0) is 4.79 Å². The lowest BCUT2D eigenvalue weighted by atomic mass is 10.0. The lowest BCUT2D eigenvalue weighted by Crippen LogP contribution is -2.25. The van der Waals surface area contributed by atoms with E-state index in [2.05, 4.69) is 10.3 Å². The predicted octanol–water partition coefficient (Wildman–Crippen LogP) is 5.20. The Morgan fingerprint density at radius 3 is 2.74 bits per heavy atom. The number of hydrogen-bond acceptors (Lipinski definition) is 4. The molecule has 1 N–H and O–H groups in total. The number of carbonyl (C=O) groups is 1. The second kappa shape index (κ2) is 7.97. The molecule has 122 valence electrons. The number of rotatable bonds is 5. The van der Waals surface area contributed by atoms with Gasteiger partial charge in [-0.1, -0.05) is 49.6 Å². The number of nitrogens with zero attached hydrogens (tertiary/aromatic N) is 1. The largest absolute Gasteiger partial charge is 0.301 e. The molecule has 1 saturated carbocycles. The molecule has 0 spiro atoms. The molecule has 1 atom stereocenters. The third kappa shape index (κ3) is 4.58. The Bertz CT molecular complexity index is 635. The summed E-state index contributed by atoms with van der Waals surface area (Å²) in [5.41, 5.74) is 1.99. The number of aromatic nitrogens is 1. The fraction of sp³-hybridized carbons (Fsp3) is 0.444. The highest BCUT2D eigenvalue weighted by Gasteiger charge is 2.22. The summed E-state index contributed by atoms with van der Waals surface area (Å²) in [5, 5.41) is 6.26. The van der Waals surface area contributed by atoms with Crippen LogP contribution in [0, 0.1) is 0 Å². The maximum Gasteiger partial charge on any atom is 0.238 e. The van der Waals surface area contributed by atoms with Crippen LogP contribution in [0.4, 0.5) is 5.13 Å². The van der Waals surface area contributed by atoms with Gasteiger partial charge in [-0.3, -0.25) is 4.79 Å². The predicted molar refractivity (Wildman–Crippen MR) is 100 cm³/mol. The highest BCUT2D eigenvalue weighted by molar-refractivity contribution is 8.01. The number of thioether (sulfide) groups is 1. The van der Waals surface area contributed by atoms with E-state index < -0.39 is 0 Å². The van der Waals surface area contributed by atoms with Crippen LogP contribution in [0.25, 0.3) is 11.3 Å². The van der Waals surface area contributed by atoms with Crippen LogP contribution in [0.15, 0.2) is 35.7 Å². The van der Waals surface area contributed by atoms with Gasteiger partial charge in [-0.2, -0.15) is 0 Å². The molecule has 0 radical (unpaired) electrons. The maximum absolute atomic E-state index is 12.4. The summed E-state index contributed by atoms with van der Waals surface area (Å²) in [4.78, 5) is 16.9. The quantitative estimate of drug-likeness (QED) is 0.809. The van der Waals surface area contributed by atoms with Crippen LogP contribution >= 0.6 is 23.1 Å². The smallest absolute Gasteiger partial charge is 0.238 e. The molecule has 0 bridgehead atoms. The summed E-state index contributed by atoms with van der Waals surface area (Å²) in [6.07, 6.45) is 6.45. The molecule has 0 aliphatic heterocycles. The summed E-state index contributed by atoms with van der Waals surface area (Å²) < 4.78 is 0. The number of hydrogen-bond donors (Lipinski definition) is 1. The van der Waals surface area contributed by atoms with E-state index in [1.54, 1.807) is 0 Å². The molecule has 3 nitrogen and oxygen atoms in total. The van der Waals surface area contributed by atoms with Gasteiger partial charge in [0.2, 0.25) is 5.91 Å². The van der Waals surface area contributed by atoms with Crippen LogP contribution in [0.5, 0.6) is 0 Å². The Balaban J connectivity index is 1.56. The lowest BCUT2D eigenvalue weighted by Gasteiger charge is -2.23.